The summed E-state index contributed by atoms with van der Waals surface area (Å²) in [6.45, 7) is 7.27. The summed E-state index contributed by atoms with van der Waals surface area (Å²) in [6, 6.07) is 0.567. The predicted octanol–water partition coefficient (Wildman–Crippen LogP) is 1.25. The van der Waals surface area contributed by atoms with Gasteiger partial charge in [0.25, 0.3) is 0 Å². The highest BCUT2D eigenvalue weighted by molar-refractivity contribution is 5.79. The molecule has 4 N–H and O–H groups in total. The van der Waals surface area contributed by atoms with Crippen molar-refractivity contribution in [3.8, 4) is 0 Å². The lowest BCUT2D eigenvalue weighted by Crippen LogP contribution is -2.48. The van der Waals surface area contributed by atoms with Gasteiger partial charge in [-0.05, 0) is 38.0 Å². The van der Waals surface area contributed by atoms with Crippen LogP contribution in [0.2, 0.25) is 0 Å². The summed E-state index contributed by atoms with van der Waals surface area (Å²) in [5.41, 5.74) is 2.65. The van der Waals surface area contributed by atoms with Crippen LogP contribution in [0.3, 0.4) is 0 Å². The van der Waals surface area contributed by atoms with E-state index in [1.54, 1.807) is 7.11 Å². The molecule has 0 heterocycles. The van der Waals surface area contributed by atoms with Crippen LogP contribution in [0.1, 0.15) is 40.0 Å². The average molecular weight is 256 g/mol. The molecule has 106 valence electrons. The summed E-state index contributed by atoms with van der Waals surface area (Å²) in [5.74, 6) is 7.64. The fourth-order valence-electron chi connectivity index (χ4n) is 2.65. The largest absolute Gasteiger partial charge is 0.383 e. The Hall–Kier alpha value is -0.810. The lowest BCUT2D eigenvalue weighted by atomic mass is 9.80. The molecular formula is C13H28N4O. The molecule has 0 aromatic rings. The molecule has 0 saturated heterocycles. The molecular weight excluding hydrogens is 228 g/mol. The smallest absolute Gasteiger partial charge is 0.206 e. The fourth-order valence-corrected chi connectivity index (χ4v) is 2.65. The predicted molar refractivity (Wildman–Crippen MR) is 75.2 cm³/mol. The average Bonchev–Trinajstić information content (AvgIpc) is 2.31. The number of aliphatic imine (C=N–C) groups is 1. The fraction of sp³-hybridized carbons (Fsp3) is 0.923. The van der Waals surface area contributed by atoms with Crippen molar-refractivity contribution in [3.63, 3.8) is 0 Å². The van der Waals surface area contributed by atoms with Gasteiger partial charge < -0.3 is 10.1 Å². The normalized spacial score (nSPS) is 30.9. The Morgan fingerprint density at radius 3 is 2.72 bits per heavy atom. The first kappa shape index (κ1) is 15.2. The molecule has 5 heteroatoms. The molecule has 1 aliphatic rings. The minimum Gasteiger partial charge on any atom is -0.383 e. The van der Waals surface area contributed by atoms with Gasteiger partial charge in [-0.25, -0.2) is 10.8 Å². The van der Waals surface area contributed by atoms with E-state index in [1.807, 2.05) is 6.92 Å². The van der Waals surface area contributed by atoms with E-state index >= 15 is 0 Å². The molecule has 1 saturated carbocycles. The molecule has 18 heavy (non-hydrogen) atoms. The van der Waals surface area contributed by atoms with Crippen LogP contribution < -0.4 is 16.6 Å². The molecule has 0 radical (unpaired) electrons. The summed E-state index contributed by atoms with van der Waals surface area (Å²) in [6.07, 6.45) is 3.65. The van der Waals surface area contributed by atoms with Crippen LogP contribution in [0, 0.1) is 11.8 Å². The summed E-state index contributed by atoms with van der Waals surface area (Å²) in [5, 5.41) is 3.24. The zero-order valence-corrected chi connectivity index (χ0v) is 12.1. The van der Waals surface area contributed by atoms with Gasteiger partial charge in [0.1, 0.15) is 0 Å². The molecule has 0 bridgehead atoms. The van der Waals surface area contributed by atoms with E-state index in [9.17, 15) is 0 Å². The maximum Gasteiger partial charge on any atom is 0.206 e. The third-order valence-corrected chi connectivity index (χ3v) is 3.62. The van der Waals surface area contributed by atoms with Gasteiger partial charge in [0.2, 0.25) is 5.96 Å². The van der Waals surface area contributed by atoms with E-state index < -0.39 is 0 Å². The van der Waals surface area contributed by atoms with Gasteiger partial charge in [0, 0.05) is 13.2 Å². The number of hydrazine groups is 1. The third-order valence-electron chi connectivity index (χ3n) is 3.62. The first-order chi connectivity index (χ1) is 8.56. The van der Waals surface area contributed by atoms with Crippen molar-refractivity contribution in [2.45, 2.75) is 52.1 Å². The number of hydrogen-bond acceptors (Lipinski definition) is 3. The van der Waals surface area contributed by atoms with E-state index in [2.05, 4.69) is 24.6 Å². The molecule has 4 unspecified atom stereocenters. The highest BCUT2D eigenvalue weighted by Crippen LogP contribution is 2.30. The number of nitrogens with one attached hydrogen (secondary N) is 2. The Labute approximate surface area is 111 Å². The van der Waals surface area contributed by atoms with Crippen molar-refractivity contribution < 1.29 is 4.74 Å². The lowest BCUT2D eigenvalue weighted by molar-refractivity contribution is 0.178. The second-order valence-corrected chi connectivity index (χ2v) is 5.59. The van der Waals surface area contributed by atoms with Crippen molar-refractivity contribution in [1.29, 1.82) is 0 Å². The van der Waals surface area contributed by atoms with E-state index in [-0.39, 0.29) is 6.04 Å². The standard InChI is InChI=1S/C13H28N4O/c1-9-5-6-12(10(2)7-9)16-13(17-14)15-11(3)8-18-4/h9-12H,5-8,14H2,1-4H3,(H2,15,16,17). The minimum atomic E-state index is 0.197. The highest BCUT2D eigenvalue weighted by atomic mass is 16.5. The van der Waals surface area contributed by atoms with Gasteiger partial charge in [-0.2, -0.15) is 0 Å². The Morgan fingerprint density at radius 2 is 2.17 bits per heavy atom. The molecule has 0 aliphatic heterocycles. The van der Waals surface area contributed by atoms with Crippen LogP contribution in [0.25, 0.3) is 0 Å². The van der Waals surface area contributed by atoms with Crippen molar-refractivity contribution >= 4 is 5.96 Å². The maximum absolute atomic E-state index is 5.52. The van der Waals surface area contributed by atoms with Gasteiger partial charge in [-0.1, -0.05) is 13.8 Å². The number of guanidine groups is 1. The number of methoxy groups -OCH3 is 1. The van der Waals surface area contributed by atoms with Gasteiger partial charge in [0.05, 0.1) is 12.6 Å². The van der Waals surface area contributed by atoms with Crippen LogP contribution in [0.4, 0.5) is 0 Å². The zero-order valence-electron chi connectivity index (χ0n) is 12.1. The quantitative estimate of drug-likeness (QED) is 0.306. The highest BCUT2D eigenvalue weighted by Gasteiger charge is 2.25. The zero-order chi connectivity index (χ0) is 13.5. The van der Waals surface area contributed by atoms with Crippen molar-refractivity contribution in [1.82, 2.24) is 10.7 Å². The van der Waals surface area contributed by atoms with Gasteiger partial charge >= 0.3 is 0 Å². The van der Waals surface area contributed by atoms with Crippen molar-refractivity contribution in [2.75, 3.05) is 13.7 Å². The van der Waals surface area contributed by atoms with E-state index in [4.69, 9.17) is 15.6 Å². The number of nitrogens with zero attached hydrogens (tertiary/aromatic N) is 1. The Morgan fingerprint density at radius 1 is 1.44 bits per heavy atom. The van der Waals surface area contributed by atoms with Crippen LogP contribution >= 0.6 is 0 Å². The van der Waals surface area contributed by atoms with Crippen molar-refractivity contribution in [3.05, 3.63) is 0 Å². The molecule has 1 rings (SSSR count). The third kappa shape index (κ3) is 4.82. The van der Waals surface area contributed by atoms with Crippen LogP contribution in [-0.2, 0) is 4.74 Å². The second-order valence-electron chi connectivity index (χ2n) is 5.59. The number of hydrogen-bond donors (Lipinski definition) is 3. The summed E-state index contributed by atoms with van der Waals surface area (Å²) in [4.78, 5) is 4.71. The van der Waals surface area contributed by atoms with E-state index in [1.165, 1.54) is 12.8 Å². The first-order valence-electron chi connectivity index (χ1n) is 6.86. The van der Waals surface area contributed by atoms with Gasteiger partial charge in [-0.15, -0.1) is 0 Å². The van der Waals surface area contributed by atoms with Crippen molar-refractivity contribution in [2.24, 2.45) is 22.7 Å². The Kier molecular flexibility index (Phi) is 6.43. The molecule has 0 amide bonds. The van der Waals surface area contributed by atoms with E-state index in [0.717, 1.165) is 12.3 Å². The van der Waals surface area contributed by atoms with Crippen LogP contribution in [0.5, 0.6) is 0 Å². The summed E-state index contributed by atoms with van der Waals surface area (Å²) < 4.78 is 5.09. The number of nitrogens with two attached hydrogens (primary N) is 1. The minimum absolute atomic E-state index is 0.197. The second kappa shape index (κ2) is 7.59. The Balaban J connectivity index is 2.55. The number of ether oxygens (including phenoxy) is 1. The molecule has 4 atom stereocenters. The molecule has 5 nitrogen and oxygen atoms in total. The molecule has 1 fully saturated rings. The molecule has 0 spiro atoms. The summed E-state index contributed by atoms with van der Waals surface area (Å²) >= 11 is 0. The molecule has 0 aromatic carbocycles. The maximum atomic E-state index is 5.52. The lowest BCUT2D eigenvalue weighted by Gasteiger charge is -2.30. The SMILES string of the molecule is COCC(C)NC(=NC1CCC(C)CC1C)NN. The van der Waals surface area contributed by atoms with Crippen LogP contribution in [-0.4, -0.2) is 31.8 Å². The topological polar surface area (TPSA) is 71.7 Å². The first-order valence-corrected chi connectivity index (χ1v) is 6.86. The Bertz CT molecular complexity index is 270. The monoisotopic (exact) mass is 256 g/mol. The molecule has 0 aromatic heterocycles. The van der Waals surface area contributed by atoms with E-state index in [0.29, 0.717) is 24.5 Å². The number of rotatable bonds is 4. The van der Waals surface area contributed by atoms with Gasteiger partial charge in [-0.3, -0.25) is 5.43 Å². The van der Waals surface area contributed by atoms with Gasteiger partial charge in [0.15, 0.2) is 0 Å². The van der Waals surface area contributed by atoms with Crippen LogP contribution in [0.15, 0.2) is 4.99 Å². The molecule has 1 aliphatic carbocycles. The summed E-state index contributed by atoms with van der Waals surface area (Å²) in [7, 11) is 1.69.